The van der Waals surface area contributed by atoms with Gasteiger partial charge in [-0.05, 0) is 42.5 Å². The summed E-state index contributed by atoms with van der Waals surface area (Å²) < 4.78 is 9.60. The summed E-state index contributed by atoms with van der Waals surface area (Å²) in [4.78, 5) is 34.6. The van der Waals surface area contributed by atoms with Gasteiger partial charge >= 0.3 is 17.9 Å². The first-order chi connectivity index (χ1) is 10.0. The quantitative estimate of drug-likeness (QED) is 0.484. The van der Waals surface area contributed by atoms with Crippen LogP contribution in [0.1, 0.15) is 31.1 Å². The highest BCUT2D eigenvalue weighted by atomic mass is 35.5. The first-order valence-electron chi connectivity index (χ1n) is 5.93. The van der Waals surface area contributed by atoms with Crippen molar-refractivity contribution in [3.8, 4) is 5.75 Å². The molecule has 104 valence electrons. The van der Waals surface area contributed by atoms with Crippen LogP contribution in [0.3, 0.4) is 0 Å². The van der Waals surface area contributed by atoms with Crippen molar-refractivity contribution >= 4 is 29.5 Å². The first kappa shape index (κ1) is 13.3. The highest BCUT2D eigenvalue weighted by Crippen LogP contribution is 2.25. The van der Waals surface area contributed by atoms with E-state index < -0.39 is 17.9 Å². The second-order valence-electron chi connectivity index (χ2n) is 4.28. The van der Waals surface area contributed by atoms with Gasteiger partial charge in [0.2, 0.25) is 0 Å². The topological polar surface area (TPSA) is 69.7 Å². The molecule has 0 aromatic heterocycles. The van der Waals surface area contributed by atoms with E-state index in [1.54, 1.807) is 12.1 Å². The number of rotatable bonds is 2. The Balaban J connectivity index is 1.84. The third-order valence-electron chi connectivity index (χ3n) is 2.91. The number of carbonyl (C=O) groups is 3. The van der Waals surface area contributed by atoms with Crippen molar-refractivity contribution in [3.63, 3.8) is 0 Å². The van der Waals surface area contributed by atoms with Gasteiger partial charge < -0.3 is 9.47 Å². The lowest BCUT2D eigenvalue weighted by Gasteiger charge is -2.05. The minimum absolute atomic E-state index is 0.0846. The van der Waals surface area contributed by atoms with E-state index in [-0.39, 0.29) is 16.9 Å². The minimum atomic E-state index is -0.751. The molecule has 1 aliphatic rings. The third kappa shape index (κ3) is 2.51. The molecule has 0 saturated heterocycles. The number of ether oxygens (including phenoxy) is 2. The molecule has 0 atom stereocenters. The molecule has 0 aliphatic carbocycles. The van der Waals surface area contributed by atoms with Crippen molar-refractivity contribution in [2.75, 3.05) is 0 Å². The van der Waals surface area contributed by atoms with Crippen LogP contribution < -0.4 is 4.74 Å². The van der Waals surface area contributed by atoms with Crippen LogP contribution >= 0.6 is 11.6 Å². The molecule has 2 aromatic rings. The number of esters is 3. The Labute approximate surface area is 124 Å². The molecule has 5 nitrogen and oxygen atoms in total. The predicted molar refractivity (Wildman–Crippen MR) is 72.6 cm³/mol. The Bertz CT molecular complexity index is 764. The van der Waals surface area contributed by atoms with Crippen LogP contribution in [0.4, 0.5) is 0 Å². The van der Waals surface area contributed by atoms with Gasteiger partial charge in [0.1, 0.15) is 5.75 Å². The zero-order valence-electron chi connectivity index (χ0n) is 10.5. The van der Waals surface area contributed by atoms with Crippen LogP contribution in [0.25, 0.3) is 0 Å². The van der Waals surface area contributed by atoms with E-state index in [9.17, 15) is 14.4 Å². The van der Waals surface area contributed by atoms with Crippen molar-refractivity contribution < 1.29 is 23.9 Å². The van der Waals surface area contributed by atoms with Crippen LogP contribution in [-0.4, -0.2) is 17.9 Å². The molecule has 2 aromatic carbocycles. The summed E-state index contributed by atoms with van der Waals surface area (Å²) in [5.74, 6) is -1.89. The Kier molecular flexibility index (Phi) is 3.19. The standard InChI is InChI=1S/C15H7ClO5/c16-9-3-1-8(2-4-9)13(17)20-10-5-6-11-12(7-10)15(19)21-14(11)18/h1-7H. The van der Waals surface area contributed by atoms with Crippen molar-refractivity contribution in [1.29, 1.82) is 0 Å². The minimum Gasteiger partial charge on any atom is -0.423 e. The summed E-state index contributed by atoms with van der Waals surface area (Å²) >= 11 is 5.73. The molecule has 1 aliphatic heterocycles. The average molecular weight is 303 g/mol. The van der Waals surface area contributed by atoms with Gasteiger partial charge in [0.25, 0.3) is 0 Å². The number of halogens is 1. The van der Waals surface area contributed by atoms with Crippen LogP contribution in [0.15, 0.2) is 42.5 Å². The second kappa shape index (κ2) is 5.03. The SMILES string of the molecule is O=C(Oc1ccc2c(c1)C(=O)OC2=O)c1ccc(Cl)cc1. The summed E-state index contributed by atoms with van der Waals surface area (Å²) in [6.45, 7) is 0. The Hall–Kier alpha value is -2.66. The molecule has 0 fully saturated rings. The zero-order valence-corrected chi connectivity index (χ0v) is 11.2. The third-order valence-corrected chi connectivity index (χ3v) is 3.16. The maximum absolute atomic E-state index is 11.9. The fourth-order valence-corrected chi connectivity index (χ4v) is 2.01. The normalized spacial score (nSPS) is 12.8. The summed E-state index contributed by atoms with van der Waals surface area (Å²) in [7, 11) is 0. The molecule has 0 bridgehead atoms. The number of fused-ring (bicyclic) bond motifs is 1. The summed E-state index contributed by atoms with van der Waals surface area (Å²) in [6.07, 6.45) is 0. The van der Waals surface area contributed by atoms with Gasteiger partial charge in [-0.2, -0.15) is 0 Å². The van der Waals surface area contributed by atoms with Crippen LogP contribution in [-0.2, 0) is 4.74 Å². The van der Waals surface area contributed by atoms with Crippen molar-refractivity contribution in [2.45, 2.75) is 0 Å². The number of benzene rings is 2. The summed E-state index contributed by atoms with van der Waals surface area (Å²) in [5.41, 5.74) is 0.561. The molecular weight excluding hydrogens is 296 g/mol. The van der Waals surface area contributed by atoms with E-state index in [1.165, 1.54) is 30.3 Å². The number of cyclic esters (lactones) is 2. The summed E-state index contributed by atoms with van der Waals surface area (Å²) in [6, 6.07) is 10.3. The van der Waals surface area contributed by atoms with E-state index >= 15 is 0 Å². The fraction of sp³-hybridized carbons (Fsp3) is 0. The van der Waals surface area contributed by atoms with Gasteiger partial charge in [0.15, 0.2) is 0 Å². The van der Waals surface area contributed by atoms with E-state index in [1.807, 2.05) is 0 Å². The van der Waals surface area contributed by atoms with Crippen LogP contribution in [0.5, 0.6) is 5.75 Å². The Morgan fingerprint density at radius 1 is 0.952 bits per heavy atom. The van der Waals surface area contributed by atoms with E-state index in [0.29, 0.717) is 10.6 Å². The molecule has 0 amide bonds. The van der Waals surface area contributed by atoms with E-state index in [2.05, 4.69) is 4.74 Å². The number of carbonyl (C=O) groups excluding carboxylic acids is 3. The maximum Gasteiger partial charge on any atom is 0.347 e. The lowest BCUT2D eigenvalue weighted by molar-refractivity contribution is 0.0442. The van der Waals surface area contributed by atoms with Crippen molar-refractivity contribution in [3.05, 3.63) is 64.2 Å². The molecule has 0 spiro atoms. The van der Waals surface area contributed by atoms with Crippen LogP contribution in [0, 0.1) is 0 Å². The van der Waals surface area contributed by atoms with E-state index in [4.69, 9.17) is 16.3 Å². The first-order valence-corrected chi connectivity index (χ1v) is 6.31. The number of hydrogen-bond acceptors (Lipinski definition) is 5. The molecule has 0 unspecified atom stereocenters. The van der Waals surface area contributed by atoms with Crippen LogP contribution in [0.2, 0.25) is 5.02 Å². The lowest BCUT2D eigenvalue weighted by atomic mass is 10.1. The monoisotopic (exact) mass is 302 g/mol. The highest BCUT2D eigenvalue weighted by molar-refractivity contribution is 6.30. The fourth-order valence-electron chi connectivity index (χ4n) is 1.88. The average Bonchev–Trinajstić information content (AvgIpc) is 2.74. The highest BCUT2D eigenvalue weighted by Gasteiger charge is 2.30. The lowest BCUT2D eigenvalue weighted by Crippen LogP contribution is -2.08. The van der Waals surface area contributed by atoms with Gasteiger partial charge in [-0.3, -0.25) is 0 Å². The summed E-state index contributed by atoms with van der Waals surface area (Å²) in [5, 5.41) is 0.505. The molecule has 6 heteroatoms. The van der Waals surface area contributed by atoms with Crippen molar-refractivity contribution in [1.82, 2.24) is 0 Å². The molecular formula is C15H7ClO5. The van der Waals surface area contributed by atoms with Gasteiger partial charge in [0.05, 0.1) is 16.7 Å². The number of hydrogen-bond donors (Lipinski definition) is 0. The molecule has 0 saturated carbocycles. The zero-order chi connectivity index (χ0) is 15.0. The molecule has 21 heavy (non-hydrogen) atoms. The smallest absolute Gasteiger partial charge is 0.347 e. The van der Waals surface area contributed by atoms with Gasteiger partial charge in [-0.25, -0.2) is 14.4 Å². The maximum atomic E-state index is 11.9. The van der Waals surface area contributed by atoms with E-state index in [0.717, 1.165) is 0 Å². The molecule has 1 heterocycles. The van der Waals surface area contributed by atoms with Crippen molar-refractivity contribution in [2.24, 2.45) is 0 Å². The second-order valence-corrected chi connectivity index (χ2v) is 4.72. The van der Waals surface area contributed by atoms with Gasteiger partial charge in [-0.1, -0.05) is 11.6 Å². The predicted octanol–water partition coefficient (Wildman–Crippen LogP) is 2.87. The Morgan fingerprint density at radius 2 is 1.62 bits per heavy atom. The Morgan fingerprint density at radius 3 is 2.33 bits per heavy atom. The molecule has 0 radical (unpaired) electrons. The van der Waals surface area contributed by atoms with Gasteiger partial charge in [0, 0.05) is 5.02 Å². The largest absolute Gasteiger partial charge is 0.423 e. The van der Waals surface area contributed by atoms with Gasteiger partial charge in [-0.15, -0.1) is 0 Å². The molecule has 0 N–H and O–H groups in total. The molecule has 3 rings (SSSR count).